The van der Waals surface area contributed by atoms with Crippen LogP contribution < -0.4 is 19.1 Å². The first-order valence-electron chi connectivity index (χ1n) is 20.7. The summed E-state index contributed by atoms with van der Waals surface area (Å²) in [5.74, 6) is -0.334. The summed E-state index contributed by atoms with van der Waals surface area (Å²) >= 11 is 6.49. The lowest BCUT2D eigenvalue weighted by Crippen LogP contribution is -2.30. The van der Waals surface area contributed by atoms with Gasteiger partial charge in [-0.05, 0) is 23.8 Å². The Morgan fingerprint density at radius 2 is 1.11 bits per heavy atom. The Kier molecular flexibility index (Phi) is 21.3. The number of hydrogen-bond acceptors (Lipinski definition) is 16. The third kappa shape index (κ3) is 14.0. The van der Waals surface area contributed by atoms with Gasteiger partial charge in [0, 0.05) is 56.5 Å². The van der Waals surface area contributed by atoms with Gasteiger partial charge in [-0.15, -0.1) is 11.6 Å². The fourth-order valence-corrected chi connectivity index (χ4v) is 6.99. The summed E-state index contributed by atoms with van der Waals surface area (Å²) in [6, 6.07) is 6.57. The topological polar surface area (TPSA) is 209 Å². The lowest BCUT2D eigenvalue weighted by atomic mass is 9.98. The average molecular weight is 910 g/mol. The molecule has 0 spiro atoms. The fraction of sp³-hybridized carbons (Fsp3) is 0.581. The van der Waals surface area contributed by atoms with Gasteiger partial charge in [0.25, 0.3) is 5.91 Å². The van der Waals surface area contributed by atoms with E-state index in [1.807, 2.05) is 0 Å². The van der Waals surface area contributed by atoms with Gasteiger partial charge in [-0.25, -0.2) is 4.79 Å². The minimum Gasteiger partial charge on any atom is -0.506 e. The van der Waals surface area contributed by atoms with Crippen molar-refractivity contribution in [1.29, 1.82) is 0 Å². The van der Waals surface area contributed by atoms with E-state index in [4.69, 9.17) is 73.2 Å². The van der Waals surface area contributed by atoms with Crippen molar-refractivity contribution in [2.75, 3.05) is 165 Å². The zero-order valence-electron chi connectivity index (χ0n) is 36.4. The number of carbonyl (C=O) groups excluding carboxylic acids is 2. The second-order valence-electron chi connectivity index (χ2n) is 13.9. The number of phenolic OH excluding ortho intramolecular Hbond substituents is 1. The van der Waals surface area contributed by atoms with Crippen molar-refractivity contribution in [3.8, 4) is 23.0 Å². The summed E-state index contributed by atoms with van der Waals surface area (Å²) in [7, 11) is 6.10. The van der Waals surface area contributed by atoms with Crippen LogP contribution in [0, 0.1) is 0 Å². The Balaban J connectivity index is 1.42. The summed E-state index contributed by atoms with van der Waals surface area (Å²) < 4.78 is 72.7. The number of rotatable bonds is 33. The molecule has 0 fully saturated rings. The molecular formula is C43H60ClN3O16. The van der Waals surface area contributed by atoms with Crippen molar-refractivity contribution in [2.45, 2.75) is 5.92 Å². The zero-order chi connectivity index (χ0) is 44.8. The normalized spacial score (nSPS) is 13.6. The van der Waals surface area contributed by atoms with E-state index in [1.165, 1.54) is 13.2 Å². The number of halogens is 1. The average Bonchev–Trinajstić information content (AvgIpc) is 4.03. The highest BCUT2D eigenvalue weighted by atomic mass is 35.5. The van der Waals surface area contributed by atoms with Crippen LogP contribution in [0.4, 0.5) is 5.69 Å². The molecule has 3 heterocycles. The SMILES string of the molecule is COCCOCCOCCOc1cc2cc(C(=O)N3C[C@@H](CCl)c4c3cc(O)c3[nH]c(C(=O)OC)cc43)[nH]c2c(OCCOCCOCCOC)c1OCCOCCOCCOC. The third-order valence-electron chi connectivity index (χ3n) is 9.72. The van der Waals surface area contributed by atoms with Gasteiger partial charge >= 0.3 is 5.97 Å². The molecule has 0 aliphatic carbocycles. The Morgan fingerprint density at radius 3 is 1.63 bits per heavy atom. The maximum absolute atomic E-state index is 14.5. The molecule has 350 valence electrons. The van der Waals surface area contributed by atoms with Crippen LogP contribution in [0.15, 0.2) is 24.3 Å². The van der Waals surface area contributed by atoms with Crippen LogP contribution in [0.25, 0.3) is 21.8 Å². The molecule has 1 aliphatic heterocycles. The first-order chi connectivity index (χ1) is 30.9. The number of amides is 1. The van der Waals surface area contributed by atoms with Crippen molar-refractivity contribution in [1.82, 2.24) is 9.97 Å². The summed E-state index contributed by atoms with van der Waals surface area (Å²) in [5.41, 5.74) is 2.38. The number of H-pyrrole nitrogens is 2. The number of aromatic nitrogens is 2. The number of hydrogen-bond donors (Lipinski definition) is 3. The van der Waals surface area contributed by atoms with E-state index < -0.39 is 11.9 Å². The molecule has 63 heavy (non-hydrogen) atoms. The lowest BCUT2D eigenvalue weighted by Gasteiger charge is -2.18. The minimum atomic E-state index is -0.597. The van der Waals surface area contributed by atoms with Gasteiger partial charge in [-0.2, -0.15) is 0 Å². The molecule has 0 bridgehead atoms. The van der Waals surface area contributed by atoms with Crippen molar-refractivity contribution in [3.05, 3.63) is 41.2 Å². The van der Waals surface area contributed by atoms with Gasteiger partial charge in [-0.1, -0.05) is 0 Å². The molecule has 2 aromatic heterocycles. The summed E-state index contributed by atoms with van der Waals surface area (Å²) in [4.78, 5) is 34.7. The smallest absolute Gasteiger partial charge is 0.354 e. The molecule has 1 atom stereocenters. The van der Waals surface area contributed by atoms with E-state index in [2.05, 4.69) is 9.97 Å². The first-order valence-corrected chi connectivity index (χ1v) is 21.3. The number of esters is 1. The second kappa shape index (κ2) is 27.0. The van der Waals surface area contributed by atoms with Crippen LogP contribution in [-0.4, -0.2) is 187 Å². The second-order valence-corrected chi connectivity index (χ2v) is 14.2. The van der Waals surface area contributed by atoms with Crippen LogP contribution in [0.1, 0.15) is 32.5 Å². The van der Waals surface area contributed by atoms with Gasteiger partial charge in [0.1, 0.15) is 37.0 Å². The van der Waals surface area contributed by atoms with Crippen LogP contribution in [0.3, 0.4) is 0 Å². The molecule has 0 saturated heterocycles. The summed E-state index contributed by atoms with van der Waals surface area (Å²) in [6.07, 6.45) is 0. The largest absolute Gasteiger partial charge is 0.506 e. The minimum absolute atomic E-state index is 0.118. The molecule has 20 heteroatoms. The molecule has 0 saturated carbocycles. The number of benzene rings is 2. The standard InChI is InChI=1S/C43H60ClN3O16/c1-51-5-8-55-11-14-58-17-20-61-36-24-29-23-32(42(49)47-28-30(27-44)37-31-25-33(43(50)54-4)46-39(31)35(48)26-34(37)47)45-38(29)41(63-22-19-60-16-13-57-10-7-53-3)40(36)62-21-18-59-15-12-56-9-6-52-2/h23-26,30,45-46,48H,5-22,27-28H2,1-4H3/t30-/m1/s1. The maximum Gasteiger partial charge on any atom is 0.354 e. The maximum atomic E-state index is 14.5. The third-order valence-corrected chi connectivity index (χ3v) is 10.1. The van der Waals surface area contributed by atoms with E-state index >= 15 is 0 Å². The summed E-state index contributed by atoms with van der Waals surface area (Å²) in [5, 5.41) is 12.2. The predicted molar refractivity (Wildman–Crippen MR) is 232 cm³/mol. The van der Waals surface area contributed by atoms with Gasteiger partial charge in [0.2, 0.25) is 5.75 Å². The number of aromatic amines is 2. The van der Waals surface area contributed by atoms with E-state index in [-0.39, 0.29) is 80.9 Å². The molecule has 1 amide bonds. The van der Waals surface area contributed by atoms with Gasteiger partial charge in [0.15, 0.2) is 11.5 Å². The highest BCUT2D eigenvalue weighted by molar-refractivity contribution is 6.19. The van der Waals surface area contributed by atoms with Crippen molar-refractivity contribution < 1.29 is 76.3 Å². The molecule has 5 rings (SSSR count). The van der Waals surface area contributed by atoms with E-state index in [1.54, 1.807) is 44.4 Å². The molecule has 1 aliphatic rings. The lowest BCUT2D eigenvalue weighted by molar-refractivity contribution is 0.0147. The fourth-order valence-electron chi connectivity index (χ4n) is 6.74. The Morgan fingerprint density at radius 1 is 0.619 bits per heavy atom. The number of phenols is 1. The van der Waals surface area contributed by atoms with Crippen LogP contribution in [-0.2, 0) is 47.4 Å². The molecule has 0 radical (unpaired) electrons. The van der Waals surface area contributed by atoms with Crippen molar-refractivity contribution in [3.63, 3.8) is 0 Å². The molecule has 2 aromatic carbocycles. The Labute approximate surface area is 371 Å². The number of aromatic hydroxyl groups is 1. The zero-order valence-corrected chi connectivity index (χ0v) is 37.2. The highest BCUT2D eigenvalue weighted by Crippen LogP contribution is 2.47. The number of nitrogens with one attached hydrogen (secondary N) is 2. The van der Waals surface area contributed by atoms with Crippen LogP contribution in [0.2, 0.25) is 0 Å². The Hall–Kier alpha value is -4.41. The molecule has 19 nitrogen and oxygen atoms in total. The number of nitrogens with zero attached hydrogens (tertiary/aromatic N) is 1. The van der Waals surface area contributed by atoms with Gasteiger partial charge in [-0.3, -0.25) is 4.79 Å². The van der Waals surface area contributed by atoms with Gasteiger partial charge < -0.3 is 81.6 Å². The van der Waals surface area contributed by atoms with E-state index in [9.17, 15) is 14.7 Å². The first kappa shape index (κ1) is 49.6. The van der Waals surface area contributed by atoms with E-state index in [0.29, 0.717) is 118 Å². The molecular weight excluding hydrogens is 850 g/mol. The molecule has 0 unspecified atom stereocenters. The van der Waals surface area contributed by atoms with Crippen molar-refractivity contribution in [2.24, 2.45) is 0 Å². The number of methoxy groups -OCH3 is 4. The van der Waals surface area contributed by atoms with Crippen molar-refractivity contribution >= 4 is 51.0 Å². The molecule has 3 N–H and O–H groups in total. The van der Waals surface area contributed by atoms with E-state index in [0.717, 1.165) is 5.56 Å². The summed E-state index contributed by atoms with van der Waals surface area (Å²) in [6.45, 7) is 6.42. The molecule has 4 aromatic rings. The highest BCUT2D eigenvalue weighted by Gasteiger charge is 2.37. The number of ether oxygens (including phenoxy) is 13. The Bertz CT molecular complexity index is 2010. The monoisotopic (exact) mass is 909 g/mol. The number of anilines is 1. The van der Waals surface area contributed by atoms with Crippen LogP contribution >= 0.6 is 11.6 Å². The number of alkyl halides is 1. The number of fused-ring (bicyclic) bond motifs is 4. The predicted octanol–water partition coefficient (Wildman–Crippen LogP) is 4.30. The number of carbonyl (C=O) groups is 2. The van der Waals surface area contributed by atoms with Crippen LogP contribution in [0.5, 0.6) is 23.0 Å². The quantitative estimate of drug-likeness (QED) is 0.0346. The van der Waals surface area contributed by atoms with Gasteiger partial charge in [0.05, 0.1) is 123 Å².